The number of cyclic esters (lactones) is 1. The molecular formula is C35H41FN4O7. The third kappa shape index (κ3) is 5.36. The van der Waals surface area contributed by atoms with Gasteiger partial charge in [0.2, 0.25) is 5.91 Å². The van der Waals surface area contributed by atoms with Crippen LogP contribution in [-0.2, 0) is 44.2 Å². The largest absolute Gasteiger partial charge is 0.458 e. The molecule has 3 aliphatic rings. The Labute approximate surface area is 271 Å². The lowest BCUT2D eigenvalue weighted by atomic mass is 9.80. The monoisotopic (exact) mass is 648 g/mol. The number of nitrogens with zero attached hydrogens (tertiary/aromatic N) is 2. The first-order chi connectivity index (χ1) is 22.0. The van der Waals surface area contributed by atoms with Crippen molar-refractivity contribution < 1.29 is 33.4 Å². The normalized spacial score (nSPS) is 19.9. The molecule has 2 atom stereocenters. The Morgan fingerprint density at radius 2 is 1.89 bits per heavy atom. The maximum Gasteiger partial charge on any atom is 0.407 e. The highest BCUT2D eigenvalue weighted by atomic mass is 19.1. The van der Waals surface area contributed by atoms with Gasteiger partial charge in [0.05, 0.1) is 35.1 Å². The van der Waals surface area contributed by atoms with Gasteiger partial charge < -0.3 is 29.8 Å². The summed E-state index contributed by atoms with van der Waals surface area (Å²) in [5, 5.41) is 18.0. The number of ether oxygens (including phenoxy) is 2. The SMILES string of the molecule is CC[C@@]1(O)C(=O)OCc2c1cc1n(c2=O)Cc2c-1nc1cc(F)c(C)c3c1c2[C@@H](NC(=O)C(C)(C)CCNC(=O)OC(C)(C)C)CC3. The summed E-state index contributed by atoms with van der Waals surface area (Å²) in [5.74, 6) is -1.43. The van der Waals surface area contributed by atoms with Crippen LogP contribution in [0.15, 0.2) is 16.9 Å². The van der Waals surface area contributed by atoms with Crippen molar-refractivity contribution in [3.05, 3.63) is 61.7 Å². The number of carbonyl (C=O) groups excluding carboxylic acids is 3. The number of fused-ring (bicyclic) bond motifs is 5. The molecule has 6 rings (SSSR count). The van der Waals surface area contributed by atoms with E-state index in [1.807, 2.05) is 0 Å². The highest BCUT2D eigenvalue weighted by Crippen LogP contribution is 2.46. The molecule has 0 fully saturated rings. The van der Waals surface area contributed by atoms with Crippen LogP contribution >= 0.6 is 0 Å². The number of aliphatic hydroxyl groups is 1. The molecule has 2 aliphatic heterocycles. The van der Waals surface area contributed by atoms with Crippen molar-refractivity contribution in [2.24, 2.45) is 5.41 Å². The van der Waals surface area contributed by atoms with Crippen molar-refractivity contribution in [1.82, 2.24) is 20.2 Å². The third-order valence-corrected chi connectivity index (χ3v) is 9.72. The van der Waals surface area contributed by atoms with Gasteiger partial charge in [-0.2, -0.15) is 0 Å². The van der Waals surface area contributed by atoms with E-state index in [9.17, 15) is 24.3 Å². The fraction of sp³-hybridized carbons (Fsp3) is 0.514. The van der Waals surface area contributed by atoms with E-state index < -0.39 is 46.1 Å². The molecule has 0 unspecified atom stereocenters. The van der Waals surface area contributed by atoms with Crippen molar-refractivity contribution in [1.29, 1.82) is 0 Å². The smallest absolute Gasteiger partial charge is 0.407 e. The van der Waals surface area contributed by atoms with Gasteiger partial charge in [0.15, 0.2) is 5.60 Å². The maximum absolute atomic E-state index is 15.2. The van der Waals surface area contributed by atoms with Crippen LogP contribution in [0.4, 0.5) is 9.18 Å². The molecule has 0 saturated carbocycles. The average Bonchev–Trinajstić information content (AvgIpc) is 3.36. The van der Waals surface area contributed by atoms with Gasteiger partial charge in [-0.05, 0) is 76.1 Å². The van der Waals surface area contributed by atoms with Gasteiger partial charge in [-0.15, -0.1) is 0 Å². The van der Waals surface area contributed by atoms with Crippen LogP contribution in [0.25, 0.3) is 22.3 Å². The van der Waals surface area contributed by atoms with E-state index in [1.54, 1.807) is 59.1 Å². The van der Waals surface area contributed by atoms with Crippen LogP contribution in [0, 0.1) is 18.2 Å². The number of nitrogens with one attached hydrogen (secondary N) is 2. The molecule has 2 aromatic heterocycles. The first-order valence-electron chi connectivity index (χ1n) is 16.1. The van der Waals surface area contributed by atoms with Crippen molar-refractivity contribution in [2.45, 2.75) is 105 Å². The van der Waals surface area contributed by atoms with Crippen LogP contribution in [-0.4, -0.2) is 44.8 Å². The van der Waals surface area contributed by atoms with Crippen LogP contribution in [0.3, 0.4) is 0 Å². The standard InChI is InChI=1S/C35H41FN4O7/c1-8-35(45)21-13-25-28-19(15-40(25)29(41)20(21)16-46-31(35)43)27-23(10-9-18-17(2)22(36)14-24(38-28)26(18)27)39-30(42)34(6,7)11-12-37-32(44)47-33(3,4)5/h13-14,23,45H,8-12,15-16H2,1-7H3,(H,37,44)(H,39,42)/t23-,35-/m0/s1. The number of pyridine rings is 2. The molecular weight excluding hydrogens is 607 g/mol. The highest BCUT2D eigenvalue weighted by Gasteiger charge is 2.46. The number of carbonyl (C=O) groups is 3. The number of aromatic nitrogens is 2. The topological polar surface area (TPSA) is 149 Å². The third-order valence-electron chi connectivity index (χ3n) is 9.72. The van der Waals surface area contributed by atoms with Gasteiger partial charge in [0.25, 0.3) is 5.56 Å². The Morgan fingerprint density at radius 1 is 1.17 bits per heavy atom. The number of halogens is 1. The fourth-order valence-corrected chi connectivity index (χ4v) is 6.96. The molecule has 0 bridgehead atoms. The molecule has 250 valence electrons. The molecule has 0 spiro atoms. The van der Waals surface area contributed by atoms with Gasteiger partial charge in [-0.3, -0.25) is 9.59 Å². The number of aryl methyl sites for hydroxylation is 1. The average molecular weight is 649 g/mol. The predicted octanol–water partition coefficient (Wildman–Crippen LogP) is 4.57. The van der Waals surface area contributed by atoms with E-state index in [0.29, 0.717) is 41.7 Å². The molecule has 11 nitrogen and oxygen atoms in total. The van der Waals surface area contributed by atoms with Gasteiger partial charge in [0.1, 0.15) is 18.0 Å². The minimum absolute atomic E-state index is 0.00994. The van der Waals surface area contributed by atoms with Crippen LogP contribution < -0.4 is 16.2 Å². The zero-order chi connectivity index (χ0) is 34.2. The van der Waals surface area contributed by atoms with Gasteiger partial charge in [-0.1, -0.05) is 20.8 Å². The summed E-state index contributed by atoms with van der Waals surface area (Å²) in [6, 6.07) is 2.54. The van der Waals surface area contributed by atoms with Crippen molar-refractivity contribution in [3.63, 3.8) is 0 Å². The van der Waals surface area contributed by atoms with Crippen LogP contribution in [0.1, 0.15) is 100 Å². The number of rotatable bonds is 6. The maximum atomic E-state index is 15.2. The molecule has 0 saturated heterocycles. The zero-order valence-corrected chi connectivity index (χ0v) is 27.9. The van der Waals surface area contributed by atoms with E-state index in [4.69, 9.17) is 14.5 Å². The Balaban J connectivity index is 1.40. The molecule has 47 heavy (non-hydrogen) atoms. The summed E-state index contributed by atoms with van der Waals surface area (Å²) in [6.45, 7) is 12.4. The molecule has 2 amide bonds. The molecule has 3 aromatic rings. The van der Waals surface area contributed by atoms with Gasteiger partial charge in [0, 0.05) is 34.5 Å². The minimum Gasteiger partial charge on any atom is -0.458 e. The summed E-state index contributed by atoms with van der Waals surface area (Å²) in [6.07, 6.45) is 0.822. The summed E-state index contributed by atoms with van der Waals surface area (Å²) < 4.78 is 27.3. The Kier molecular flexibility index (Phi) is 7.73. The van der Waals surface area contributed by atoms with E-state index in [-0.39, 0.29) is 43.2 Å². The number of benzene rings is 1. The molecule has 12 heteroatoms. The first-order valence-corrected chi connectivity index (χ1v) is 16.1. The van der Waals surface area contributed by atoms with Crippen LogP contribution in [0.5, 0.6) is 0 Å². The Hall–Kier alpha value is -4.32. The number of esters is 1. The second kappa shape index (κ2) is 11.1. The summed E-state index contributed by atoms with van der Waals surface area (Å²) >= 11 is 0. The summed E-state index contributed by atoms with van der Waals surface area (Å²) in [5.41, 5.74) is 0.626. The van der Waals surface area contributed by atoms with Crippen LogP contribution in [0.2, 0.25) is 0 Å². The molecule has 1 aliphatic carbocycles. The quantitative estimate of drug-likeness (QED) is 0.258. The summed E-state index contributed by atoms with van der Waals surface area (Å²) in [4.78, 5) is 57.3. The Morgan fingerprint density at radius 3 is 2.57 bits per heavy atom. The molecule has 4 heterocycles. The highest BCUT2D eigenvalue weighted by molar-refractivity contribution is 5.94. The lowest BCUT2D eigenvalue weighted by Gasteiger charge is -2.33. The molecule has 1 aromatic carbocycles. The Bertz CT molecular complexity index is 1930. The lowest BCUT2D eigenvalue weighted by molar-refractivity contribution is -0.172. The van der Waals surface area contributed by atoms with E-state index in [1.165, 1.54) is 6.07 Å². The van der Waals surface area contributed by atoms with Gasteiger partial charge >= 0.3 is 12.1 Å². The fourth-order valence-electron chi connectivity index (χ4n) is 6.96. The summed E-state index contributed by atoms with van der Waals surface area (Å²) in [7, 11) is 0. The first kappa shape index (κ1) is 32.6. The van der Waals surface area contributed by atoms with Crippen molar-refractivity contribution in [2.75, 3.05) is 6.54 Å². The molecule has 3 N–H and O–H groups in total. The zero-order valence-electron chi connectivity index (χ0n) is 27.9. The lowest BCUT2D eigenvalue weighted by Crippen LogP contribution is -2.44. The van der Waals surface area contributed by atoms with Crippen molar-refractivity contribution in [3.8, 4) is 11.4 Å². The van der Waals surface area contributed by atoms with E-state index in [2.05, 4.69) is 10.6 Å². The second-order valence-corrected chi connectivity index (χ2v) is 14.4. The number of alkyl carbamates (subject to hydrolysis) is 1. The minimum atomic E-state index is -1.98. The van der Waals surface area contributed by atoms with E-state index in [0.717, 1.165) is 22.1 Å². The predicted molar refractivity (Wildman–Crippen MR) is 171 cm³/mol. The van der Waals surface area contributed by atoms with Gasteiger partial charge in [-0.25, -0.2) is 19.0 Å². The number of hydrogen-bond donors (Lipinski definition) is 3. The van der Waals surface area contributed by atoms with Crippen molar-refractivity contribution >= 4 is 28.9 Å². The second-order valence-electron chi connectivity index (χ2n) is 14.4. The number of hydrogen-bond acceptors (Lipinski definition) is 8. The van der Waals surface area contributed by atoms with E-state index >= 15 is 4.39 Å². The molecule has 0 radical (unpaired) electrons. The number of amides is 2.